The number of aromatic nitrogens is 1. The van der Waals surface area contributed by atoms with Crippen LogP contribution in [0.2, 0.25) is 0 Å². The number of thiophene rings is 1. The molecule has 4 atom stereocenters. The van der Waals surface area contributed by atoms with E-state index >= 15 is 0 Å². The predicted octanol–water partition coefficient (Wildman–Crippen LogP) is 1.74. The lowest BCUT2D eigenvalue weighted by Gasteiger charge is -2.35. The Labute approximate surface area is 137 Å². The average Bonchev–Trinajstić information content (AvgIpc) is 3.24. The van der Waals surface area contributed by atoms with Crippen LogP contribution in [0.15, 0.2) is 52.8 Å². The lowest BCUT2D eigenvalue weighted by Crippen LogP contribution is -2.40. The molecule has 23 heavy (non-hydrogen) atoms. The maximum Gasteiger partial charge on any atom is 0.200 e. The van der Waals surface area contributed by atoms with Crippen LogP contribution >= 0.6 is 11.3 Å². The van der Waals surface area contributed by atoms with Crippen LogP contribution < -0.4 is 16.6 Å². The second-order valence-electron chi connectivity index (χ2n) is 5.59. The zero-order chi connectivity index (χ0) is 15.8. The van der Waals surface area contributed by atoms with Gasteiger partial charge in [0.1, 0.15) is 6.07 Å². The summed E-state index contributed by atoms with van der Waals surface area (Å²) in [5, 5.41) is 13.7. The SMILES string of the molecule is N#CC1=C(N)OC2NNC(c3cccnc3)C2C1c1ccsc1. The molecule has 6 nitrogen and oxygen atoms in total. The van der Waals surface area contributed by atoms with E-state index in [1.807, 2.05) is 29.8 Å². The van der Waals surface area contributed by atoms with Gasteiger partial charge in [-0.15, -0.1) is 0 Å². The Hall–Kier alpha value is -2.40. The molecule has 1 fully saturated rings. The third kappa shape index (κ3) is 2.28. The van der Waals surface area contributed by atoms with Gasteiger partial charge in [0.25, 0.3) is 0 Å². The maximum atomic E-state index is 9.59. The van der Waals surface area contributed by atoms with Crippen molar-refractivity contribution in [2.45, 2.75) is 18.2 Å². The second kappa shape index (κ2) is 5.66. The highest BCUT2D eigenvalue weighted by Gasteiger charge is 2.49. The number of nitriles is 1. The summed E-state index contributed by atoms with van der Waals surface area (Å²) in [5.41, 5.74) is 15.0. The molecule has 4 N–H and O–H groups in total. The molecule has 2 aliphatic heterocycles. The lowest BCUT2D eigenvalue weighted by molar-refractivity contribution is 0.0341. The number of nitrogens with two attached hydrogens (primary N) is 1. The zero-order valence-electron chi connectivity index (χ0n) is 12.1. The van der Waals surface area contributed by atoms with Gasteiger partial charge in [-0.2, -0.15) is 16.6 Å². The average molecular weight is 325 g/mol. The van der Waals surface area contributed by atoms with Crippen LogP contribution in [0, 0.1) is 17.2 Å². The predicted molar refractivity (Wildman–Crippen MR) is 85.5 cm³/mol. The third-order valence-corrected chi connectivity index (χ3v) is 5.10. The van der Waals surface area contributed by atoms with E-state index in [0.29, 0.717) is 5.57 Å². The molecule has 0 saturated carbocycles. The van der Waals surface area contributed by atoms with Crippen LogP contribution in [0.4, 0.5) is 0 Å². The Balaban J connectivity index is 1.81. The fourth-order valence-corrected chi connectivity index (χ4v) is 4.09. The smallest absolute Gasteiger partial charge is 0.200 e. The minimum Gasteiger partial charge on any atom is -0.458 e. The van der Waals surface area contributed by atoms with Gasteiger partial charge in [-0.1, -0.05) is 6.07 Å². The molecular weight excluding hydrogens is 310 g/mol. The van der Waals surface area contributed by atoms with E-state index in [1.165, 1.54) is 0 Å². The number of hydrogen-bond acceptors (Lipinski definition) is 7. The fourth-order valence-electron chi connectivity index (χ4n) is 3.39. The number of rotatable bonds is 2. The first kappa shape index (κ1) is 14.2. The van der Waals surface area contributed by atoms with Gasteiger partial charge >= 0.3 is 0 Å². The van der Waals surface area contributed by atoms with Crippen molar-refractivity contribution < 1.29 is 4.74 Å². The molecule has 1 saturated heterocycles. The molecule has 2 aromatic rings. The van der Waals surface area contributed by atoms with Gasteiger partial charge in [0.05, 0.1) is 11.6 Å². The Morgan fingerprint density at radius 2 is 2.22 bits per heavy atom. The highest BCUT2D eigenvalue weighted by molar-refractivity contribution is 7.08. The quantitative estimate of drug-likeness (QED) is 0.778. The van der Waals surface area contributed by atoms with E-state index in [4.69, 9.17) is 10.5 Å². The number of pyridine rings is 1. The number of fused-ring (bicyclic) bond motifs is 1. The summed E-state index contributed by atoms with van der Waals surface area (Å²) in [6.45, 7) is 0. The molecule has 4 unspecified atom stereocenters. The minimum atomic E-state index is -0.290. The highest BCUT2D eigenvalue weighted by atomic mass is 32.1. The largest absolute Gasteiger partial charge is 0.458 e. The van der Waals surface area contributed by atoms with Gasteiger partial charge in [0.15, 0.2) is 6.23 Å². The first-order valence-electron chi connectivity index (χ1n) is 7.29. The molecule has 2 aromatic heterocycles. The van der Waals surface area contributed by atoms with Crippen LogP contribution in [0.3, 0.4) is 0 Å². The molecule has 2 aliphatic rings. The van der Waals surface area contributed by atoms with Crippen LogP contribution in [-0.4, -0.2) is 11.2 Å². The van der Waals surface area contributed by atoms with E-state index in [2.05, 4.69) is 27.3 Å². The van der Waals surface area contributed by atoms with Crippen LogP contribution in [0.5, 0.6) is 0 Å². The summed E-state index contributed by atoms with van der Waals surface area (Å²) >= 11 is 1.61. The number of hydrogen-bond donors (Lipinski definition) is 3. The minimum absolute atomic E-state index is 0.00995. The van der Waals surface area contributed by atoms with Crippen molar-refractivity contribution in [1.82, 2.24) is 15.8 Å². The lowest BCUT2D eigenvalue weighted by atomic mass is 9.75. The number of hydrazine groups is 1. The number of nitrogens with one attached hydrogen (secondary N) is 2. The van der Waals surface area contributed by atoms with Crippen molar-refractivity contribution in [1.29, 1.82) is 5.26 Å². The summed E-state index contributed by atoms with van der Waals surface area (Å²) < 4.78 is 5.74. The van der Waals surface area contributed by atoms with Crippen molar-refractivity contribution in [3.8, 4) is 6.07 Å². The Morgan fingerprint density at radius 1 is 1.30 bits per heavy atom. The Bertz CT molecular complexity index is 768. The second-order valence-corrected chi connectivity index (χ2v) is 6.37. The molecule has 0 spiro atoms. The van der Waals surface area contributed by atoms with Gasteiger partial charge < -0.3 is 10.5 Å². The van der Waals surface area contributed by atoms with Crippen molar-refractivity contribution in [2.75, 3.05) is 0 Å². The molecule has 0 bridgehead atoms. The number of nitrogens with zero attached hydrogens (tertiary/aromatic N) is 2. The summed E-state index contributed by atoms with van der Waals surface area (Å²) in [4.78, 5) is 4.20. The fraction of sp³-hybridized carbons (Fsp3) is 0.250. The molecule has 7 heteroatoms. The van der Waals surface area contributed by atoms with Gasteiger partial charge in [0, 0.05) is 24.2 Å². The van der Waals surface area contributed by atoms with Crippen LogP contribution in [-0.2, 0) is 4.74 Å². The molecular formula is C16H15N5OS. The molecule has 0 aromatic carbocycles. The van der Waals surface area contributed by atoms with Crippen molar-refractivity contribution in [3.63, 3.8) is 0 Å². The van der Waals surface area contributed by atoms with Gasteiger partial charge in [-0.25, -0.2) is 10.9 Å². The van der Waals surface area contributed by atoms with E-state index in [-0.39, 0.29) is 30.0 Å². The van der Waals surface area contributed by atoms with Crippen LogP contribution in [0.1, 0.15) is 23.1 Å². The molecule has 4 heterocycles. The molecule has 4 rings (SSSR count). The van der Waals surface area contributed by atoms with E-state index < -0.39 is 0 Å². The van der Waals surface area contributed by atoms with Crippen LogP contribution in [0.25, 0.3) is 0 Å². The van der Waals surface area contributed by atoms with E-state index in [1.54, 1.807) is 17.5 Å². The first-order chi connectivity index (χ1) is 11.3. The molecule has 0 aliphatic carbocycles. The van der Waals surface area contributed by atoms with Gasteiger partial charge in [-0.3, -0.25) is 4.98 Å². The molecule has 0 amide bonds. The van der Waals surface area contributed by atoms with Crippen molar-refractivity contribution in [3.05, 3.63) is 63.9 Å². The normalized spacial score (nSPS) is 29.7. The van der Waals surface area contributed by atoms with E-state index in [9.17, 15) is 5.26 Å². The van der Waals surface area contributed by atoms with Crippen molar-refractivity contribution in [2.24, 2.45) is 11.7 Å². The van der Waals surface area contributed by atoms with E-state index in [0.717, 1.165) is 11.1 Å². The van der Waals surface area contributed by atoms with Crippen molar-refractivity contribution >= 4 is 11.3 Å². The summed E-state index contributed by atoms with van der Waals surface area (Å²) in [6.07, 6.45) is 3.29. The Morgan fingerprint density at radius 3 is 2.91 bits per heavy atom. The first-order valence-corrected chi connectivity index (χ1v) is 8.23. The highest BCUT2D eigenvalue weighted by Crippen LogP contribution is 2.47. The number of allylic oxidation sites excluding steroid dienone is 1. The maximum absolute atomic E-state index is 9.59. The zero-order valence-corrected chi connectivity index (χ0v) is 13.0. The Kier molecular flexibility index (Phi) is 3.50. The molecule has 116 valence electrons. The topological polar surface area (TPSA) is 96.0 Å². The van der Waals surface area contributed by atoms with Gasteiger partial charge in [-0.05, 0) is 34.0 Å². The standard InChI is InChI=1S/C16H15N5OS/c17-6-11-12(10-3-5-23-8-10)13-14(9-2-1-4-19-7-9)20-21-16(13)22-15(11)18/h1-5,7-8,12-14,16,20-21H,18H2. The monoisotopic (exact) mass is 325 g/mol. The summed E-state index contributed by atoms with van der Waals surface area (Å²) in [5.74, 6) is 0.0968. The summed E-state index contributed by atoms with van der Waals surface area (Å²) in [6, 6.07) is 8.19. The van der Waals surface area contributed by atoms with Gasteiger partial charge in [0.2, 0.25) is 5.88 Å². The summed E-state index contributed by atoms with van der Waals surface area (Å²) in [7, 11) is 0. The third-order valence-electron chi connectivity index (χ3n) is 4.40. The number of ether oxygens (including phenoxy) is 1. The molecule has 0 radical (unpaired) electrons.